The van der Waals surface area contributed by atoms with Gasteiger partial charge in [0, 0.05) is 28.9 Å². The van der Waals surface area contributed by atoms with Gasteiger partial charge >= 0.3 is 0 Å². The molecule has 2 amide bonds. The van der Waals surface area contributed by atoms with Gasteiger partial charge in [0.25, 0.3) is 5.91 Å². The summed E-state index contributed by atoms with van der Waals surface area (Å²) in [6.07, 6.45) is 1.57. The van der Waals surface area contributed by atoms with Gasteiger partial charge in [0.05, 0.1) is 11.1 Å². The highest BCUT2D eigenvalue weighted by Crippen LogP contribution is 2.08. The highest BCUT2D eigenvalue weighted by Gasteiger charge is 2.16. The van der Waals surface area contributed by atoms with Crippen molar-refractivity contribution >= 4 is 22.6 Å². The van der Waals surface area contributed by atoms with Crippen LogP contribution in [-0.2, 0) is 10.8 Å². The molecule has 0 aliphatic heterocycles. The molecule has 0 aromatic heterocycles. The van der Waals surface area contributed by atoms with Crippen LogP contribution in [0.1, 0.15) is 27.6 Å². The van der Waals surface area contributed by atoms with Gasteiger partial charge in [-0.2, -0.15) is 0 Å². The minimum Gasteiger partial charge on any atom is -0.366 e. The van der Waals surface area contributed by atoms with E-state index < -0.39 is 16.7 Å². The molecule has 6 heteroatoms. The Balaban J connectivity index is 2.84. The number of carbonyl (C=O) groups is 2. The molecule has 0 bridgehead atoms. The number of benzene rings is 1. The third kappa shape index (κ3) is 3.96. The zero-order valence-electron chi connectivity index (χ0n) is 10.3. The molecule has 0 fully saturated rings. The van der Waals surface area contributed by atoms with Crippen LogP contribution in [-0.4, -0.2) is 34.1 Å². The topological polar surface area (TPSA) is 89.3 Å². The lowest BCUT2D eigenvalue weighted by Crippen LogP contribution is -2.37. The molecule has 0 saturated carbocycles. The Morgan fingerprint density at radius 2 is 1.89 bits per heavy atom. The highest BCUT2D eigenvalue weighted by atomic mass is 32.2. The van der Waals surface area contributed by atoms with E-state index in [0.717, 1.165) is 0 Å². The molecule has 5 nitrogen and oxygen atoms in total. The maximum Gasteiger partial charge on any atom is 0.252 e. The number of primary amides is 1. The number of carbonyl (C=O) groups excluding carboxylic acids is 2. The predicted molar refractivity (Wildman–Crippen MR) is 70.8 cm³/mol. The molecular weight excluding hydrogens is 252 g/mol. The minimum absolute atomic E-state index is 0.180. The first kappa shape index (κ1) is 14.4. The SMILES string of the molecule is CC(CS(C)=O)NC(=O)c1ccccc1C(N)=O. The number of hydrogen-bond acceptors (Lipinski definition) is 3. The summed E-state index contributed by atoms with van der Waals surface area (Å²) < 4.78 is 11.0. The molecule has 0 radical (unpaired) electrons. The van der Waals surface area contributed by atoms with Gasteiger partial charge in [-0.1, -0.05) is 12.1 Å². The molecule has 98 valence electrons. The largest absolute Gasteiger partial charge is 0.366 e. The first-order chi connectivity index (χ1) is 8.41. The van der Waals surface area contributed by atoms with Crippen LogP contribution in [0.5, 0.6) is 0 Å². The molecular formula is C12H16N2O3S. The summed E-state index contributed by atoms with van der Waals surface area (Å²) in [6.45, 7) is 1.76. The van der Waals surface area contributed by atoms with Crippen LogP contribution in [0, 0.1) is 0 Å². The van der Waals surface area contributed by atoms with Crippen LogP contribution >= 0.6 is 0 Å². The monoisotopic (exact) mass is 268 g/mol. The van der Waals surface area contributed by atoms with E-state index >= 15 is 0 Å². The summed E-state index contributed by atoms with van der Waals surface area (Å²) >= 11 is 0. The third-order valence-corrected chi connectivity index (χ3v) is 3.27. The standard InChI is InChI=1S/C12H16N2O3S/c1-8(7-18(2)17)14-12(16)10-6-4-3-5-9(10)11(13)15/h3-6,8H,7H2,1-2H3,(H2,13,15)(H,14,16). The molecule has 3 N–H and O–H groups in total. The molecule has 0 aliphatic rings. The van der Waals surface area contributed by atoms with Gasteiger partial charge in [0.1, 0.15) is 0 Å². The number of hydrogen-bond donors (Lipinski definition) is 2. The molecule has 1 aromatic rings. The Hall–Kier alpha value is -1.69. The minimum atomic E-state index is -0.989. The lowest BCUT2D eigenvalue weighted by atomic mass is 10.1. The van der Waals surface area contributed by atoms with E-state index in [-0.39, 0.29) is 23.1 Å². The van der Waals surface area contributed by atoms with E-state index in [0.29, 0.717) is 5.75 Å². The van der Waals surface area contributed by atoms with E-state index in [2.05, 4.69) is 5.32 Å². The summed E-state index contributed by atoms with van der Waals surface area (Å²) in [7, 11) is -0.989. The normalized spacial score (nSPS) is 13.7. The smallest absolute Gasteiger partial charge is 0.252 e. The summed E-state index contributed by atoms with van der Waals surface area (Å²) in [5, 5.41) is 2.68. The highest BCUT2D eigenvalue weighted by molar-refractivity contribution is 7.84. The second-order valence-electron chi connectivity index (χ2n) is 4.02. The van der Waals surface area contributed by atoms with E-state index in [4.69, 9.17) is 5.73 Å². The summed E-state index contributed by atoms with van der Waals surface area (Å²) in [6, 6.07) is 6.10. The van der Waals surface area contributed by atoms with Crippen molar-refractivity contribution in [2.24, 2.45) is 5.73 Å². The van der Waals surface area contributed by atoms with Crippen molar-refractivity contribution in [1.82, 2.24) is 5.32 Å². The van der Waals surface area contributed by atoms with E-state index in [1.54, 1.807) is 25.3 Å². The lowest BCUT2D eigenvalue weighted by molar-refractivity contribution is 0.0928. The van der Waals surface area contributed by atoms with Crippen molar-refractivity contribution in [2.45, 2.75) is 13.0 Å². The first-order valence-corrected chi connectivity index (χ1v) is 7.14. The van der Waals surface area contributed by atoms with Gasteiger partial charge in [-0.05, 0) is 19.1 Å². The molecule has 2 atom stereocenters. The molecule has 0 heterocycles. The van der Waals surface area contributed by atoms with Gasteiger partial charge in [-0.3, -0.25) is 13.8 Å². The van der Waals surface area contributed by atoms with Crippen LogP contribution in [0.15, 0.2) is 24.3 Å². The maximum absolute atomic E-state index is 11.9. The Bertz CT molecular complexity index is 488. The quantitative estimate of drug-likeness (QED) is 0.804. The second kappa shape index (κ2) is 6.30. The average Bonchev–Trinajstić information content (AvgIpc) is 2.27. The summed E-state index contributed by atoms with van der Waals surface area (Å²) in [5.41, 5.74) is 5.61. The molecule has 1 aromatic carbocycles. The molecule has 0 aliphatic carbocycles. The predicted octanol–water partition coefficient (Wildman–Crippen LogP) is 0.282. The van der Waals surface area contributed by atoms with Gasteiger partial charge in [-0.25, -0.2) is 0 Å². The van der Waals surface area contributed by atoms with Crippen LogP contribution in [0.4, 0.5) is 0 Å². The number of amides is 2. The first-order valence-electron chi connectivity index (χ1n) is 5.41. The van der Waals surface area contributed by atoms with Crippen LogP contribution in [0.25, 0.3) is 0 Å². The lowest BCUT2D eigenvalue weighted by Gasteiger charge is -2.13. The van der Waals surface area contributed by atoms with Gasteiger partial charge in [0.15, 0.2) is 0 Å². The van der Waals surface area contributed by atoms with E-state index in [9.17, 15) is 13.8 Å². The Labute approximate surface area is 108 Å². The van der Waals surface area contributed by atoms with Gasteiger partial charge in [-0.15, -0.1) is 0 Å². The van der Waals surface area contributed by atoms with Crippen LogP contribution in [0.2, 0.25) is 0 Å². The third-order valence-electron chi connectivity index (χ3n) is 2.30. The zero-order valence-corrected chi connectivity index (χ0v) is 11.1. The average molecular weight is 268 g/mol. The number of nitrogens with two attached hydrogens (primary N) is 1. The molecule has 2 unspecified atom stereocenters. The Kier molecular flexibility index (Phi) is 5.03. The maximum atomic E-state index is 11.9. The zero-order chi connectivity index (χ0) is 13.7. The molecule has 0 spiro atoms. The molecule has 1 rings (SSSR count). The van der Waals surface area contributed by atoms with Crippen molar-refractivity contribution in [2.75, 3.05) is 12.0 Å². The number of rotatable bonds is 5. The molecule has 0 saturated heterocycles. The van der Waals surface area contributed by atoms with Crippen molar-refractivity contribution < 1.29 is 13.8 Å². The summed E-state index contributed by atoms with van der Waals surface area (Å²) in [4.78, 5) is 23.1. The van der Waals surface area contributed by atoms with E-state index in [1.807, 2.05) is 0 Å². The van der Waals surface area contributed by atoms with Crippen LogP contribution < -0.4 is 11.1 Å². The summed E-state index contributed by atoms with van der Waals surface area (Å²) in [5.74, 6) is -0.667. The van der Waals surface area contributed by atoms with Crippen LogP contribution in [0.3, 0.4) is 0 Å². The van der Waals surface area contributed by atoms with E-state index in [1.165, 1.54) is 12.1 Å². The fraction of sp³-hybridized carbons (Fsp3) is 0.333. The van der Waals surface area contributed by atoms with Crippen molar-refractivity contribution in [3.05, 3.63) is 35.4 Å². The van der Waals surface area contributed by atoms with Gasteiger partial charge < -0.3 is 11.1 Å². The van der Waals surface area contributed by atoms with Crippen molar-refractivity contribution in [3.63, 3.8) is 0 Å². The fourth-order valence-corrected chi connectivity index (χ4v) is 2.38. The second-order valence-corrected chi connectivity index (χ2v) is 5.50. The van der Waals surface area contributed by atoms with Gasteiger partial charge in [0.2, 0.25) is 5.91 Å². The van der Waals surface area contributed by atoms with Crippen molar-refractivity contribution in [3.8, 4) is 0 Å². The molecule has 18 heavy (non-hydrogen) atoms. The Morgan fingerprint density at radius 3 is 2.39 bits per heavy atom. The van der Waals surface area contributed by atoms with Crippen molar-refractivity contribution in [1.29, 1.82) is 0 Å². The fourth-order valence-electron chi connectivity index (χ4n) is 1.59. The Morgan fingerprint density at radius 1 is 1.33 bits per heavy atom. The number of nitrogens with one attached hydrogen (secondary N) is 1.